The number of benzene rings is 1. The van der Waals surface area contributed by atoms with Crippen LogP contribution >= 0.6 is 11.3 Å². The highest BCUT2D eigenvalue weighted by atomic mass is 32.1. The maximum atomic E-state index is 13.6. The maximum absolute atomic E-state index is 13.6. The Bertz CT molecular complexity index is 1100. The zero-order valence-corrected chi connectivity index (χ0v) is 20.6. The second kappa shape index (κ2) is 10.3. The number of hydrogen-bond acceptors (Lipinski definition) is 6. The molecule has 2 heterocycles. The molecule has 12 heteroatoms. The molecule has 1 aliphatic heterocycles. The number of ketones is 1. The van der Waals surface area contributed by atoms with Crippen LogP contribution in [0.5, 0.6) is 0 Å². The molecule has 3 rings (SSSR count). The van der Waals surface area contributed by atoms with E-state index in [0.29, 0.717) is 24.5 Å². The van der Waals surface area contributed by atoms with Crippen LogP contribution in [-0.2, 0) is 15.7 Å². The highest BCUT2D eigenvalue weighted by Crippen LogP contribution is 2.37. The Kier molecular flexibility index (Phi) is 7.85. The molecule has 2 aromatic rings. The molecule has 0 unspecified atom stereocenters. The van der Waals surface area contributed by atoms with Gasteiger partial charge in [-0.25, -0.2) is 9.78 Å². The maximum Gasteiger partial charge on any atom is 0.435 e. The summed E-state index contributed by atoms with van der Waals surface area (Å²) in [5.74, 6) is -1.62. The first kappa shape index (κ1) is 26.6. The Morgan fingerprint density at radius 1 is 1.20 bits per heavy atom. The largest absolute Gasteiger partial charge is 0.435 e. The van der Waals surface area contributed by atoms with Crippen molar-refractivity contribution in [1.29, 1.82) is 0 Å². The van der Waals surface area contributed by atoms with Gasteiger partial charge in [0.1, 0.15) is 10.4 Å². The van der Waals surface area contributed by atoms with Gasteiger partial charge in [0.25, 0.3) is 5.91 Å². The Hall–Kier alpha value is -2.99. The number of ether oxygens (including phenoxy) is 1. The van der Waals surface area contributed by atoms with E-state index in [2.05, 4.69) is 15.6 Å². The molecular formula is C23H27F3N4O4S. The summed E-state index contributed by atoms with van der Waals surface area (Å²) in [6.45, 7) is 5.51. The first-order valence-electron chi connectivity index (χ1n) is 10.9. The summed E-state index contributed by atoms with van der Waals surface area (Å²) < 4.78 is 46.0. The third-order valence-corrected chi connectivity index (χ3v) is 6.59. The van der Waals surface area contributed by atoms with E-state index in [1.165, 1.54) is 33.1 Å². The fraction of sp³-hybridized carbons (Fsp3) is 0.478. The number of hydrogen-bond donors (Lipinski definition) is 2. The number of alkyl halides is 3. The fourth-order valence-corrected chi connectivity index (χ4v) is 4.62. The second-order valence-corrected chi connectivity index (χ2v) is 9.84. The van der Waals surface area contributed by atoms with Gasteiger partial charge in [-0.05, 0) is 33.6 Å². The minimum atomic E-state index is -4.90. The van der Waals surface area contributed by atoms with Gasteiger partial charge in [-0.2, -0.15) is 13.2 Å². The van der Waals surface area contributed by atoms with E-state index in [9.17, 15) is 27.6 Å². The number of carbonyl (C=O) groups is 3. The quantitative estimate of drug-likeness (QED) is 0.541. The van der Waals surface area contributed by atoms with Crippen LogP contribution in [-0.4, -0.2) is 59.4 Å². The Morgan fingerprint density at radius 2 is 1.86 bits per heavy atom. The molecule has 1 saturated heterocycles. The summed E-state index contributed by atoms with van der Waals surface area (Å²) in [7, 11) is 1.53. The van der Waals surface area contributed by atoms with Crippen molar-refractivity contribution in [3.8, 4) is 0 Å². The van der Waals surface area contributed by atoms with Gasteiger partial charge in [0.2, 0.25) is 5.78 Å². The molecular weight excluding hydrogens is 485 g/mol. The van der Waals surface area contributed by atoms with Gasteiger partial charge in [0, 0.05) is 19.2 Å². The number of carbonyl (C=O) groups excluding carboxylic acids is 3. The normalized spacial score (nSPS) is 16.3. The van der Waals surface area contributed by atoms with Crippen LogP contribution < -0.4 is 10.6 Å². The van der Waals surface area contributed by atoms with Gasteiger partial charge >= 0.3 is 12.2 Å². The van der Waals surface area contributed by atoms with Crippen molar-refractivity contribution in [1.82, 2.24) is 15.2 Å². The van der Waals surface area contributed by atoms with E-state index in [-0.39, 0.29) is 11.6 Å². The zero-order valence-electron chi connectivity index (χ0n) is 19.8. The van der Waals surface area contributed by atoms with E-state index in [0.717, 1.165) is 18.4 Å². The highest BCUT2D eigenvalue weighted by molar-refractivity contribution is 7.18. The van der Waals surface area contributed by atoms with Crippen LogP contribution in [0.15, 0.2) is 24.3 Å². The van der Waals surface area contributed by atoms with E-state index >= 15 is 0 Å². The minimum Gasteiger partial charge on any atom is -0.383 e. The number of anilines is 1. The Labute approximate surface area is 204 Å². The summed E-state index contributed by atoms with van der Waals surface area (Å²) in [4.78, 5) is 42.8. The lowest BCUT2D eigenvalue weighted by Crippen LogP contribution is -2.57. The number of rotatable bonds is 7. The first-order chi connectivity index (χ1) is 16.3. The predicted octanol–water partition coefficient (Wildman–Crippen LogP) is 4.24. The van der Waals surface area contributed by atoms with Crippen molar-refractivity contribution in [2.24, 2.45) is 0 Å². The number of methoxy groups -OCH3 is 1. The van der Waals surface area contributed by atoms with Crippen molar-refractivity contribution in [3.05, 3.63) is 46.0 Å². The standard InChI is InChI=1S/C23H27F3N4O4S/c1-13-7-9-14(10-8-13)16(31)17-18(23(24,25)26)27-20(35-17)28-19(32)22(2,3)29-21(33)30-11-5-6-15(30)12-34-4/h7-10,15H,5-6,11-12H2,1-4H3,(H,29,33)(H,27,28,32)/t15-/m0/s1. The van der Waals surface area contributed by atoms with Crippen LogP contribution in [0.4, 0.5) is 23.1 Å². The van der Waals surface area contributed by atoms with Gasteiger partial charge < -0.3 is 15.0 Å². The van der Waals surface area contributed by atoms with Crippen LogP contribution in [0.2, 0.25) is 0 Å². The number of thiazole rings is 1. The lowest BCUT2D eigenvalue weighted by atomic mass is 10.1. The van der Waals surface area contributed by atoms with Crippen molar-refractivity contribution in [3.63, 3.8) is 0 Å². The molecule has 1 aromatic carbocycles. The first-order valence-corrected chi connectivity index (χ1v) is 11.7. The number of nitrogens with one attached hydrogen (secondary N) is 2. The molecule has 1 atom stereocenters. The van der Waals surface area contributed by atoms with Crippen molar-refractivity contribution < 1.29 is 32.3 Å². The predicted molar refractivity (Wildman–Crippen MR) is 125 cm³/mol. The molecule has 0 radical (unpaired) electrons. The Balaban J connectivity index is 1.78. The lowest BCUT2D eigenvalue weighted by Gasteiger charge is -2.30. The Morgan fingerprint density at radius 3 is 2.46 bits per heavy atom. The molecule has 0 bridgehead atoms. The van der Waals surface area contributed by atoms with Gasteiger partial charge in [0.15, 0.2) is 10.8 Å². The molecule has 0 saturated carbocycles. The van der Waals surface area contributed by atoms with Gasteiger partial charge in [-0.3, -0.25) is 14.9 Å². The van der Waals surface area contributed by atoms with Gasteiger partial charge in [-0.1, -0.05) is 41.2 Å². The van der Waals surface area contributed by atoms with E-state index in [1.807, 2.05) is 0 Å². The van der Waals surface area contributed by atoms with Crippen molar-refractivity contribution in [2.75, 3.05) is 25.6 Å². The molecule has 190 valence electrons. The molecule has 0 aliphatic carbocycles. The van der Waals surface area contributed by atoms with Gasteiger partial charge in [-0.15, -0.1) is 0 Å². The smallest absolute Gasteiger partial charge is 0.383 e. The molecule has 35 heavy (non-hydrogen) atoms. The monoisotopic (exact) mass is 512 g/mol. The zero-order chi connectivity index (χ0) is 26.0. The molecule has 0 spiro atoms. The summed E-state index contributed by atoms with van der Waals surface area (Å²) in [6.07, 6.45) is -3.33. The molecule has 8 nitrogen and oxygen atoms in total. The number of aryl methyl sites for hydroxylation is 1. The average molecular weight is 513 g/mol. The molecule has 1 fully saturated rings. The lowest BCUT2D eigenvalue weighted by molar-refractivity contribution is -0.141. The van der Waals surface area contributed by atoms with Gasteiger partial charge in [0.05, 0.1) is 12.6 Å². The SMILES string of the molecule is COC[C@@H]1CCCN1C(=O)NC(C)(C)C(=O)Nc1nc(C(F)(F)F)c(C(=O)c2ccc(C)cc2)s1. The topological polar surface area (TPSA) is 101 Å². The summed E-state index contributed by atoms with van der Waals surface area (Å²) in [6, 6.07) is 5.50. The van der Waals surface area contributed by atoms with Crippen LogP contribution in [0.25, 0.3) is 0 Å². The van der Waals surface area contributed by atoms with E-state index in [1.54, 1.807) is 24.0 Å². The number of likely N-dealkylation sites (tertiary alicyclic amines) is 1. The van der Waals surface area contributed by atoms with Crippen LogP contribution in [0.3, 0.4) is 0 Å². The van der Waals surface area contributed by atoms with Crippen LogP contribution in [0.1, 0.15) is 53.2 Å². The number of nitrogens with zero attached hydrogens (tertiary/aromatic N) is 2. The summed E-state index contributed by atoms with van der Waals surface area (Å²) in [5, 5.41) is 4.55. The highest BCUT2D eigenvalue weighted by Gasteiger charge is 2.41. The molecule has 1 aromatic heterocycles. The number of aromatic nitrogens is 1. The molecule has 1 aliphatic rings. The number of urea groups is 1. The van der Waals surface area contributed by atoms with Crippen LogP contribution in [0, 0.1) is 6.92 Å². The van der Waals surface area contributed by atoms with E-state index in [4.69, 9.17) is 4.74 Å². The number of amides is 3. The summed E-state index contributed by atoms with van der Waals surface area (Å²) >= 11 is 0.437. The average Bonchev–Trinajstić information content (AvgIpc) is 3.41. The van der Waals surface area contributed by atoms with Crippen molar-refractivity contribution >= 4 is 34.2 Å². The summed E-state index contributed by atoms with van der Waals surface area (Å²) in [5.41, 5.74) is -1.92. The molecule has 3 amide bonds. The minimum absolute atomic E-state index is 0.0754. The molecule has 2 N–H and O–H groups in total. The van der Waals surface area contributed by atoms with Crippen molar-refractivity contribution in [2.45, 2.75) is 51.4 Å². The third-order valence-electron chi connectivity index (χ3n) is 5.62. The number of halogens is 3. The fourth-order valence-electron chi connectivity index (χ4n) is 3.67. The third kappa shape index (κ3) is 6.17. The second-order valence-electron chi connectivity index (χ2n) is 8.84. The van der Waals surface area contributed by atoms with E-state index < -0.39 is 45.1 Å².